The van der Waals surface area contributed by atoms with E-state index in [1.807, 2.05) is 26.0 Å². The smallest absolute Gasteiger partial charge is 0.256 e. The number of hydrogen-bond acceptors (Lipinski definition) is 8. The fourth-order valence-electron chi connectivity index (χ4n) is 5.01. The van der Waals surface area contributed by atoms with E-state index in [-0.39, 0.29) is 18.8 Å². The molecule has 3 aromatic rings. The molecule has 0 radical (unpaired) electrons. The molecule has 1 aromatic carbocycles. The van der Waals surface area contributed by atoms with Crippen molar-refractivity contribution in [2.24, 2.45) is 0 Å². The molecule has 9 nitrogen and oxygen atoms in total. The van der Waals surface area contributed by atoms with Crippen LogP contribution in [-0.4, -0.2) is 57.6 Å². The normalized spacial score (nSPS) is 17.6. The predicted molar refractivity (Wildman–Crippen MR) is 156 cm³/mol. The first-order valence-corrected chi connectivity index (χ1v) is 13.8. The molecule has 0 spiro atoms. The minimum Gasteiger partial charge on any atom is -0.380 e. The van der Waals surface area contributed by atoms with Crippen molar-refractivity contribution in [3.05, 3.63) is 65.1 Å². The minimum atomic E-state index is -0.228. The van der Waals surface area contributed by atoms with Crippen molar-refractivity contribution >= 4 is 29.0 Å². The highest BCUT2D eigenvalue weighted by Crippen LogP contribution is 2.29. The fraction of sp³-hybridized carbons (Fsp3) is 0.467. The van der Waals surface area contributed by atoms with Gasteiger partial charge in [-0.15, -0.1) is 0 Å². The van der Waals surface area contributed by atoms with E-state index >= 15 is 0 Å². The summed E-state index contributed by atoms with van der Waals surface area (Å²) in [6.45, 7) is 13.9. The van der Waals surface area contributed by atoms with Crippen molar-refractivity contribution in [3.63, 3.8) is 0 Å². The molecule has 1 saturated heterocycles. The lowest BCUT2D eigenvalue weighted by Gasteiger charge is -2.33. The van der Waals surface area contributed by atoms with Crippen molar-refractivity contribution in [2.45, 2.75) is 71.5 Å². The molecule has 39 heavy (non-hydrogen) atoms. The number of pyridine rings is 1. The SMILES string of the molecule is CC(C)NC(=O)c1cnc(Nc2ccc3c(c2)CN(C2CCOC2)CC3)nc1Nc1ccnc(C(C)(C)C)c1.[HH]. The summed E-state index contributed by atoms with van der Waals surface area (Å²) < 4.78 is 5.62. The van der Waals surface area contributed by atoms with Crippen LogP contribution in [0.5, 0.6) is 0 Å². The van der Waals surface area contributed by atoms with Gasteiger partial charge < -0.3 is 20.7 Å². The van der Waals surface area contributed by atoms with Crippen LogP contribution in [-0.2, 0) is 23.1 Å². The van der Waals surface area contributed by atoms with Crippen LogP contribution < -0.4 is 16.0 Å². The van der Waals surface area contributed by atoms with Gasteiger partial charge in [-0.25, -0.2) is 4.98 Å². The third-order valence-corrected chi connectivity index (χ3v) is 7.17. The van der Waals surface area contributed by atoms with Gasteiger partial charge in [-0.2, -0.15) is 4.98 Å². The van der Waals surface area contributed by atoms with Crippen LogP contribution in [0.4, 0.5) is 23.1 Å². The lowest BCUT2D eigenvalue weighted by atomic mass is 9.91. The second-order valence-electron chi connectivity index (χ2n) is 11.7. The van der Waals surface area contributed by atoms with E-state index in [1.54, 1.807) is 12.4 Å². The van der Waals surface area contributed by atoms with Crippen LogP contribution in [0.15, 0.2) is 42.7 Å². The highest BCUT2D eigenvalue weighted by atomic mass is 16.5. The lowest BCUT2D eigenvalue weighted by Crippen LogP contribution is -2.39. The van der Waals surface area contributed by atoms with Gasteiger partial charge in [0.25, 0.3) is 5.91 Å². The number of carbonyl (C=O) groups is 1. The third kappa shape index (κ3) is 6.54. The maximum absolute atomic E-state index is 13.0. The van der Waals surface area contributed by atoms with Crippen LogP contribution in [0.25, 0.3) is 0 Å². The van der Waals surface area contributed by atoms with E-state index in [9.17, 15) is 4.79 Å². The number of rotatable bonds is 7. The van der Waals surface area contributed by atoms with Crippen LogP contribution in [0.3, 0.4) is 0 Å². The van der Waals surface area contributed by atoms with Gasteiger partial charge in [0.1, 0.15) is 11.4 Å². The van der Waals surface area contributed by atoms with Crippen molar-refractivity contribution in [1.82, 2.24) is 25.2 Å². The zero-order valence-corrected chi connectivity index (χ0v) is 23.5. The molecule has 5 rings (SSSR count). The van der Waals surface area contributed by atoms with Gasteiger partial charge in [0, 0.05) is 68.1 Å². The summed E-state index contributed by atoms with van der Waals surface area (Å²) in [6.07, 6.45) is 5.48. The molecule has 2 aliphatic heterocycles. The summed E-state index contributed by atoms with van der Waals surface area (Å²) in [4.78, 5) is 29.2. The Balaban J connectivity index is 0.00000370. The molecule has 0 saturated carbocycles. The Bertz CT molecular complexity index is 1340. The number of amides is 1. The molecule has 2 aliphatic rings. The number of anilines is 4. The number of nitrogens with one attached hydrogen (secondary N) is 3. The summed E-state index contributed by atoms with van der Waals surface area (Å²) >= 11 is 0. The summed E-state index contributed by atoms with van der Waals surface area (Å²) in [7, 11) is 0. The quantitative estimate of drug-likeness (QED) is 0.383. The lowest BCUT2D eigenvalue weighted by molar-refractivity contribution is 0.0943. The zero-order valence-electron chi connectivity index (χ0n) is 23.5. The molecular formula is C30H41N7O2. The molecule has 2 aromatic heterocycles. The Morgan fingerprint density at radius 2 is 1.92 bits per heavy atom. The van der Waals surface area contributed by atoms with Crippen LogP contribution in [0, 0.1) is 0 Å². The van der Waals surface area contributed by atoms with Crippen LogP contribution in [0.2, 0.25) is 0 Å². The monoisotopic (exact) mass is 531 g/mol. The highest BCUT2D eigenvalue weighted by molar-refractivity contribution is 5.99. The van der Waals surface area contributed by atoms with Gasteiger partial charge in [-0.3, -0.25) is 14.7 Å². The summed E-state index contributed by atoms with van der Waals surface area (Å²) in [6, 6.07) is 10.8. The Kier molecular flexibility index (Phi) is 7.81. The zero-order chi connectivity index (χ0) is 27.6. The van der Waals surface area contributed by atoms with Gasteiger partial charge in [0.05, 0.1) is 6.61 Å². The Morgan fingerprint density at radius 1 is 1.10 bits per heavy atom. The molecule has 208 valence electrons. The predicted octanol–water partition coefficient (Wildman–Crippen LogP) is 5.19. The molecule has 1 fully saturated rings. The second kappa shape index (κ2) is 11.3. The number of carbonyl (C=O) groups excluding carboxylic acids is 1. The number of hydrogen-bond donors (Lipinski definition) is 3. The number of nitrogens with zero attached hydrogens (tertiary/aromatic N) is 4. The van der Waals surface area contributed by atoms with E-state index in [1.165, 1.54) is 11.1 Å². The topological polar surface area (TPSA) is 104 Å². The first-order valence-electron chi connectivity index (χ1n) is 13.8. The average molecular weight is 532 g/mol. The molecule has 9 heteroatoms. The minimum absolute atomic E-state index is 0. The van der Waals surface area contributed by atoms with E-state index in [0.717, 1.165) is 56.2 Å². The number of fused-ring (bicyclic) bond motifs is 1. The second-order valence-corrected chi connectivity index (χ2v) is 11.7. The van der Waals surface area contributed by atoms with E-state index < -0.39 is 0 Å². The Hall–Kier alpha value is -3.56. The van der Waals surface area contributed by atoms with Crippen LogP contribution >= 0.6 is 0 Å². The summed E-state index contributed by atoms with van der Waals surface area (Å²) in [5, 5.41) is 9.65. The first-order chi connectivity index (χ1) is 18.7. The maximum atomic E-state index is 13.0. The average Bonchev–Trinajstić information content (AvgIpc) is 3.43. The fourth-order valence-corrected chi connectivity index (χ4v) is 5.01. The van der Waals surface area contributed by atoms with E-state index in [0.29, 0.717) is 23.4 Å². The molecule has 3 N–H and O–H groups in total. The largest absolute Gasteiger partial charge is 0.380 e. The van der Waals surface area contributed by atoms with Crippen molar-refractivity contribution in [2.75, 3.05) is 30.4 Å². The molecule has 0 aliphatic carbocycles. The molecule has 1 amide bonds. The van der Waals surface area contributed by atoms with Crippen molar-refractivity contribution < 1.29 is 11.0 Å². The standard InChI is InChI=1S/C30H39N7O2.H2/c1-19(2)33-28(38)25-16-32-29(36-27(25)34-23-8-11-31-26(15-23)30(3,4)5)35-22-7-6-20-9-12-37(17-21(20)14-22)24-10-13-39-18-24;/h6-8,11,14-16,19,24H,9-10,12-13,17-18H2,1-5H3,(H,33,38)(H2,31,32,34,35,36);1H. The molecular weight excluding hydrogens is 490 g/mol. The molecule has 0 bridgehead atoms. The summed E-state index contributed by atoms with van der Waals surface area (Å²) in [5.74, 6) is 0.622. The number of ether oxygens (including phenoxy) is 1. The molecule has 1 atom stereocenters. The van der Waals surface area contributed by atoms with Gasteiger partial charge in [-0.1, -0.05) is 26.8 Å². The molecule has 4 heterocycles. The van der Waals surface area contributed by atoms with Crippen molar-refractivity contribution in [1.29, 1.82) is 0 Å². The van der Waals surface area contributed by atoms with E-state index in [4.69, 9.17) is 9.72 Å². The van der Waals surface area contributed by atoms with Gasteiger partial charge in [0.15, 0.2) is 0 Å². The first kappa shape index (κ1) is 27.0. The van der Waals surface area contributed by atoms with E-state index in [2.05, 4.69) is 69.8 Å². The molecule has 1 unspecified atom stereocenters. The highest BCUT2D eigenvalue weighted by Gasteiger charge is 2.27. The Morgan fingerprint density at radius 3 is 2.67 bits per heavy atom. The van der Waals surface area contributed by atoms with Crippen molar-refractivity contribution in [3.8, 4) is 0 Å². The third-order valence-electron chi connectivity index (χ3n) is 7.17. The van der Waals surface area contributed by atoms with Crippen LogP contribution in [0.1, 0.15) is 69.6 Å². The summed E-state index contributed by atoms with van der Waals surface area (Å²) in [5.41, 5.74) is 5.64. The van der Waals surface area contributed by atoms with Gasteiger partial charge >= 0.3 is 0 Å². The van der Waals surface area contributed by atoms with Gasteiger partial charge in [-0.05, 0) is 62.1 Å². The van der Waals surface area contributed by atoms with Gasteiger partial charge in [0.2, 0.25) is 5.95 Å². The number of benzene rings is 1. The Labute approximate surface area is 232 Å². The number of aromatic nitrogens is 3. The maximum Gasteiger partial charge on any atom is 0.256 e.